The van der Waals surface area contributed by atoms with Crippen LogP contribution in [0.4, 0.5) is 5.69 Å². The molecule has 0 saturated carbocycles. The first kappa shape index (κ1) is 16.1. The molecule has 1 aliphatic heterocycles. The Balaban J connectivity index is 2.51. The third-order valence-electron chi connectivity index (χ3n) is 4.05. The number of aromatic carboxylic acids is 1. The van der Waals surface area contributed by atoms with Gasteiger partial charge in [-0.1, -0.05) is 0 Å². The molecule has 3 rings (SSSR count). The van der Waals surface area contributed by atoms with Crippen molar-refractivity contribution in [3.8, 4) is 0 Å². The van der Waals surface area contributed by atoms with Crippen molar-refractivity contribution in [1.29, 1.82) is 0 Å². The van der Waals surface area contributed by atoms with Crippen LogP contribution in [0.15, 0.2) is 23.2 Å². The third kappa shape index (κ3) is 2.08. The molecular formula is C15H14N2O6S. The van der Waals surface area contributed by atoms with E-state index in [9.17, 15) is 28.2 Å². The van der Waals surface area contributed by atoms with Gasteiger partial charge in [0.25, 0.3) is 10.0 Å². The fourth-order valence-corrected chi connectivity index (χ4v) is 4.04. The summed E-state index contributed by atoms with van der Waals surface area (Å²) in [6.45, 7) is 2.37. The molecule has 0 amide bonds. The molecule has 0 saturated heterocycles. The van der Waals surface area contributed by atoms with Gasteiger partial charge in [-0.3, -0.25) is 4.31 Å². The minimum absolute atomic E-state index is 0.0716. The van der Waals surface area contributed by atoms with E-state index in [0.717, 1.165) is 10.4 Å². The van der Waals surface area contributed by atoms with Crippen LogP contribution >= 0.6 is 0 Å². The molecule has 24 heavy (non-hydrogen) atoms. The number of aliphatic carboxylic acids is 1. The number of rotatable bonds is 3. The molecule has 9 heteroatoms. The van der Waals surface area contributed by atoms with Crippen LogP contribution in [0.5, 0.6) is 0 Å². The molecule has 2 N–H and O–H groups in total. The molecule has 0 radical (unpaired) electrons. The predicted molar refractivity (Wildman–Crippen MR) is 87.5 cm³/mol. The predicted octanol–water partition coefficient (Wildman–Crippen LogP) is 1.56. The molecule has 0 atom stereocenters. The van der Waals surface area contributed by atoms with Gasteiger partial charge in [0.05, 0.1) is 16.8 Å². The number of aromatic nitrogens is 1. The van der Waals surface area contributed by atoms with Gasteiger partial charge in [0, 0.05) is 30.7 Å². The fourth-order valence-electron chi connectivity index (χ4n) is 2.84. The summed E-state index contributed by atoms with van der Waals surface area (Å²) in [4.78, 5) is 22.0. The molecule has 1 aliphatic rings. The number of anilines is 1. The van der Waals surface area contributed by atoms with Crippen molar-refractivity contribution in [1.82, 2.24) is 4.57 Å². The highest BCUT2D eigenvalue weighted by Gasteiger charge is 2.34. The Morgan fingerprint density at radius 3 is 2.38 bits per heavy atom. The highest BCUT2D eigenvalue weighted by Crippen LogP contribution is 2.39. The summed E-state index contributed by atoms with van der Waals surface area (Å²) in [5.74, 6) is -2.76. The molecule has 8 nitrogen and oxygen atoms in total. The van der Waals surface area contributed by atoms with E-state index in [1.807, 2.05) is 6.92 Å². The SMILES string of the molecule is CCn1cc2c3c(cc(C(=O)O)cc31)N(C)S(=O)(=O)C(C(=O)O)=C2. The van der Waals surface area contributed by atoms with E-state index in [-0.39, 0.29) is 11.3 Å². The summed E-state index contributed by atoms with van der Waals surface area (Å²) in [6.07, 6.45) is 2.73. The maximum absolute atomic E-state index is 12.5. The van der Waals surface area contributed by atoms with Crippen LogP contribution in [0.1, 0.15) is 22.8 Å². The standard InChI is InChI=1S/C15H14N2O6S/c1-3-17-7-9-6-12(15(20)21)24(22,23)16(2)10-4-8(14(18)19)5-11(17)13(9)10/h4-7H,3H2,1-2H3,(H,18,19)(H,20,21). The van der Waals surface area contributed by atoms with Crippen molar-refractivity contribution < 1.29 is 28.2 Å². The van der Waals surface area contributed by atoms with Crippen LogP contribution in [0.3, 0.4) is 0 Å². The number of carbonyl (C=O) groups is 2. The summed E-state index contributed by atoms with van der Waals surface area (Å²) < 4.78 is 27.6. The first-order valence-corrected chi connectivity index (χ1v) is 8.46. The van der Waals surface area contributed by atoms with Crippen LogP contribution in [0.2, 0.25) is 0 Å². The minimum Gasteiger partial charge on any atom is -0.478 e. The van der Waals surface area contributed by atoms with E-state index < -0.39 is 26.9 Å². The maximum atomic E-state index is 12.5. The molecular weight excluding hydrogens is 336 g/mol. The molecule has 0 fully saturated rings. The summed E-state index contributed by atoms with van der Waals surface area (Å²) in [7, 11) is -3.08. The number of carboxylic acids is 2. The Kier molecular flexibility index (Phi) is 3.41. The first-order valence-electron chi connectivity index (χ1n) is 7.02. The van der Waals surface area contributed by atoms with Crippen LogP contribution in [0.25, 0.3) is 17.0 Å². The Morgan fingerprint density at radius 1 is 1.17 bits per heavy atom. The van der Waals surface area contributed by atoms with Crippen LogP contribution in [0, 0.1) is 0 Å². The number of hydrogen-bond acceptors (Lipinski definition) is 4. The van der Waals surface area contributed by atoms with Gasteiger partial charge < -0.3 is 14.8 Å². The lowest BCUT2D eigenvalue weighted by atomic mass is 10.1. The minimum atomic E-state index is -4.29. The molecule has 0 unspecified atom stereocenters. The maximum Gasteiger partial charge on any atom is 0.349 e. The Hall–Kier alpha value is -2.81. The largest absolute Gasteiger partial charge is 0.478 e. The average molecular weight is 350 g/mol. The second-order valence-corrected chi connectivity index (χ2v) is 7.29. The fraction of sp³-hybridized carbons (Fsp3) is 0.200. The highest BCUT2D eigenvalue weighted by atomic mass is 32.2. The number of carboxylic acid groups (broad SMARTS) is 2. The zero-order chi connectivity index (χ0) is 17.8. The monoisotopic (exact) mass is 350 g/mol. The summed E-state index contributed by atoms with van der Waals surface area (Å²) in [5, 5.41) is 19.1. The van der Waals surface area contributed by atoms with Crippen molar-refractivity contribution in [2.75, 3.05) is 11.4 Å². The van der Waals surface area contributed by atoms with Gasteiger partial charge in [-0.05, 0) is 25.1 Å². The van der Waals surface area contributed by atoms with E-state index in [4.69, 9.17) is 0 Å². The molecule has 0 spiro atoms. The van der Waals surface area contributed by atoms with E-state index >= 15 is 0 Å². The number of hydrogen-bond donors (Lipinski definition) is 2. The lowest BCUT2D eigenvalue weighted by Crippen LogP contribution is -2.30. The Morgan fingerprint density at radius 2 is 1.83 bits per heavy atom. The van der Waals surface area contributed by atoms with Gasteiger partial charge in [0.1, 0.15) is 0 Å². The van der Waals surface area contributed by atoms with Crippen molar-refractivity contribution in [3.05, 3.63) is 34.4 Å². The van der Waals surface area contributed by atoms with E-state index in [1.54, 1.807) is 10.8 Å². The quantitative estimate of drug-likeness (QED) is 0.868. The number of aryl methyl sites for hydroxylation is 1. The molecule has 1 aromatic carbocycles. The number of nitrogens with zero attached hydrogens (tertiary/aromatic N) is 2. The van der Waals surface area contributed by atoms with Crippen LogP contribution in [-0.2, 0) is 21.4 Å². The zero-order valence-corrected chi connectivity index (χ0v) is 13.7. The molecule has 2 aromatic rings. The first-order chi connectivity index (χ1) is 11.2. The normalized spacial score (nSPS) is 15.9. The van der Waals surface area contributed by atoms with Crippen LogP contribution < -0.4 is 4.31 Å². The Labute approximate surface area is 137 Å². The average Bonchev–Trinajstić information content (AvgIpc) is 2.84. The number of benzene rings is 1. The van der Waals surface area contributed by atoms with Crippen molar-refractivity contribution in [3.63, 3.8) is 0 Å². The smallest absolute Gasteiger partial charge is 0.349 e. The van der Waals surface area contributed by atoms with E-state index in [2.05, 4.69) is 0 Å². The second-order valence-electron chi connectivity index (χ2n) is 5.35. The van der Waals surface area contributed by atoms with E-state index in [1.165, 1.54) is 19.2 Å². The molecule has 0 aliphatic carbocycles. The number of sulfonamides is 1. The summed E-state index contributed by atoms with van der Waals surface area (Å²) in [6, 6.07) is 2.69. The van der Waals surface area contributed by atoms with Gasteiger partial charge in [0.15, 0.2) is 4.91 Å². The van der Waals surface area contributed by atoms with Gasteiger partial charge >= 0.3 is 11.9 Å². The lowest BCUT2D eigenvalue weighted by Gasteiger charge is -2.20. The molecule has 2 heterocycles. The summed E-state index contributed by atoms with van der Waals surface area (Å²) in [5.41, 5.74) is 1.02. The third-order valence-corrected chi connectivity index (χ3v) is 5.82. The highest BCUT2D eigenvalue weighted by molar-refractivity contribution is 7.97. The lowest BCUT2D eigenvalue weighted by molar-refractivity contribution is -0.131. The van der Waals surface area contributed by atoms with Crippen molar-refractivity contribution >= 4 is 44.6 Å². The zero-order valence-electron chi connectivity index (χ0n) is 12.8. The Bertz CT molecular complexity index is 1030. The molecule has 1 aromatic heterocycles. The van der Waals surface area contributed by atoms with Gasteiger partial charge in [0.2, 0.25) is 0 Å². The van der Waals surface area contributed by atoms with Gasteiger partial charge in [-0.2, -0.15) is 0 Å². The van der Waals surface area contributed by atoms with Gasteiger partial charge in [-0.25, -0.2) is 18.0 Å². The van der Waals surface area contributed by atoms with E-state index in [0.29, 0.717) is 23.0 Å². The topological polar surface area (TPSA) is 117 Å². The molecule has 0 bridgehead atoms. The second kappa shape index (κ2) is 5.10. The van der Waals surface area contributed by atoms with Crippen molar-refractivity contribution in [2.24, 2.45) is 0 Å². The summed E-state index contributed by atoms with van der Waals surface area (Å²) >= 11 is 0. The molecule has 126 valence electrons. The van der Waals surface area contributed by atoms with Crippen LogP contribution in [-0.4, -0.2) is 42.2 Å². The van der Waals surface area contributed by atoms with Gasteiger partial charge in [-0.15, -0.1) is 0 Å². The van der Waals surface area contributed by atoms with Crippen molar-refractivity contribution in [2.45, 2.75) is 13.5 Å².